The van der Waals surface area contributed by atoms with Crippen LogP contribution in [0.5, 0.6) is 0 Å². The normalized spacial score (nSPS) is 14.2. The van der Waals surface area contributed by atoms with E-state index in [1.165, 1.54) is 11.3 Å². The van der Waals surface area contributed by atoms with Gasteiger partial charge in [0.25, 0.3) is 0 Å². The Kier molecular flexibility index (Phi) is 5.56. The number of aliphatic imine (C=N–C) groups is 1. The zero-order chi connectivity index (χ0) is 16.6. The summed E-state index contributed by atoms with van der Waals surface area (Å²) >= 11 is 0. The molecule has 1 aromatic heterocycles. The second-order valence-electron chi connectivity index (χ2n) is 5.82. The lowest BCUT2D eigenvalue weighted by Gasteiger charge is -2.19. The number of anilines is 1. The molecule has 0 saturated carbocycles. The Morgan fingerprint density at radius 1 is 1.08 bits per heavy atom. The van der Waals surface area contributed by atoms with Crippen LogP contribution in [0.3, 0.4) is 0 Å². The molecule has 0 bridgehead atoms. The molecular formula is C19H25N5. The second-order valence-corrected chi connectivity index (χ2v) is 5.82. The molecule has 126 valence electrons. The first-order valence-corrected chi connectivity index (χ1v) is 8.39. The molecule has 2 heterocycles. The Balaban J connectivity index is 1.47. The van der Waals surface area contributed by atoms with Crippen molar-refractivity contribution >= 4 is 11.6 Å². The summed E-state index contributed by atoms with van der Waals surface area (Å²) in [7, 11) is 1.80. The summed E-state index contributed by atoms with van der Waals surface area (Å²) in [6.07, 6.45) is 8.55. The topological polar surface area (TPSA) is 44.6 Å². The standard InChI is InChI=1S/C19H25N5/c1-20-19(21-9-14-23-10-2-3-11-23)22-16-17-7-6-8-18(15-17)24-12-4-5-13-24/h2-8,10-11,15H,9,12-14,16H2,1H3,(H2,20,21,22). The average Bonchev–Trinajstić information content (AvgIpc) is 3.31. The van der Waals surface area contributed by atoms with Gasteiger partial charge in [-0.05, 0) is 29.8 Å². The number of hydrogen-bond donors (Lipinski definition) is 2. The second kappa shape index (κ2) is 8.24. The molecule has 5 heteroatoms. The Morgan fingerprint density at radius 2 is 1.88 bits per heavy atom. The summed E-state index contributed by atoms with van der Waals surface area (Å²) in [5.74, 6) is 0.829. The molecule has 0 unspecified atom stereocenters. The summed E-state index contributed by atoms with van der Waals surface area (Å²) < 4.78 is 2.15. The van der Waals surface area contributed by atoms with E-state index < -0.39 is 0 Å². The fourth-order valence-electron chi connectivity index (χ4n) is 2.78. The van der Waals surface area contributed by atoms with Gasteiger partial charge >= 0.3 is 0 Å². The summed E-state index contributed by atoms with van der Waals surface area (Å²) in [6.45, 7) is 4.52. The third-order valence-corrected chi connectivity index (χ3v) is 4.11. The van der Waals surface area contributed by atoms with Crippen molar-refractivity contribution in [3.05, 3.63) is 66.5 Å². The van der Waals surface area contributed by atoms with Crippen molar-refractivity contribution < 1.29 is 0 Å². The number of nitrogens with one attached hydrogen (secondary N) is 2. The van der Waals surface area contributed by atoms with Crippen molar-refractivity contribution in [2.45, 2.75) is 13.1 Å². The first-order chi connectivity index (χ1) is 11.8. The van der Waals surface area contributed by atoms with Crippen LogP contribution in [0.4, 0.5) is 5.69 Å². The van der Waals surface area contributed by atoms with E-state index in [0.29, 0.717) is 0 Å². The molecule has 0 aliphatic carbocycles. The van der Waals surface area contributed by atoms with Gasteiger partial charge in [-0.25, -0.2) is 0 Å². The third kappa shape index (κ3) is 4.41. The van der Waals surface area contributed by atoms with Crippen LogP contribution in [0.1, 0.15) is 5.56 Å². The fraction of sp³-hybridized carbons (Fsp3) is 0.316. The van der Waals surface area contributed by atoms with Crippen molar-refractivity contribution in [1.29, 1.82) is 0 Å². The monoisotopic (exact) mass is 323 g/mol. The smallest absolute Gasteiger partial charge is 0.191 e. The largest absolute Gasteiger partial charge is 0.364 e. The zero-order valence-electron chi connectivity index (χ0n) is 14.2. The van der Waals surface area contributed by atoms with Gasteiger partial charge in [-0.3, -0.25) is 4.99 Å². The minimum atomic E-state index is 0.762. The molecule has 0 radical (unpaired) electrons. The fourth-order valence-corrected chi connectivity index (χ4v) is 2.78. The molecule has 24 heavy (non-hydrogen) atoms. The predicted molar refractivity (Wildman–Crippen MR) is 100 cm³/mol. The molecule has 2 aromatic rings. The summed E-state index contributed by atoms with van der Waals surface area (Å²) in [5.41, 5.74) is 2.53. The van der Waals surface area contributed by atoms with Gasteiger partial charge in [-0.2, -0.15) is 0 Å². The molecule has 1 aliphatic heterocycles. The van der Waals surface area contributed by atoms with Crippen molar-refractivity contribution in [2.75, 3.05) is 31.6 Å². The van der Waals surface area contributed by atoms with Gasteiger partial charge < -0.3 is 20.1 Å². The first-order valence-electron chi connectivity index (χ1n) is 8.39. The average molecular weight is 323 g/mol. The highest BCUT2D eigenvalue weighted by Crippen LogP contribution is 2.18. The van der Waals surface area contributed by atoms with Crippen molar-refractivity contribution in [2.24, 2.45) is 4.99 Å². The van der Waals surface area contributed by atoms with E-state index in [1.54, 1.807) is 7.05 Å². The number of rotatable bonds is 6. The van der Waals surface area contributed by atoms with Crippen LogP contribution >= 0.6 is 0 Å². The molecule has 1 aliphatic rings. The number of guanidine groups is 1. The van der Waals surface area contributed by atoms with Crippen molar-refractivity contribution in [1.82, 2.24) is 15.2 Å². The molecule has 2 N–H and O–H groups in total. The predicted octanol–water partition coefficient (Wildman–Crippen LogP) is 2.23. The third-order valence-electron chi connectivity index (χ3n) is 4.11. The molecule has 3 rings (SSSR count). The van der Waals surface area contributed by atoms with Gasteiger partial charge in [-0.15, -0.1) is 0 Å². The lowest BCUT2D eigenvalue weighted by atomic mass is 10.2. The molecule has 0 amide bonds. The minimum Gasteiger partial charge on any atom is -0.364 e. The van der Waals surface area contributed by atoms with Crippen LogP contribution in [0.2, 0.25) is 0 Å². The number of benzene rings is 1. The molecular weight excluding hydrogens is 298 g/mol. The van der Waals surface area contributed by atoms with Gasteiger partial charge in [0.2, 0.25) is 0 Å². The summed E-state index contributed by atoms with van der Waals surface area (Å²) in [5, 5.41) is 6.72. The molecule has 5 nitrogen and oxygen atoms in total. The maximum absolute atomic E-state index is 4.29. The highest BCUT2D eigenvalue weighted by Gasteiger charge is 2.08. The first kappa shape index (κ1) is 16.2. The van der Waals surface area contributed by atoms with Crippen LogP contribution in [0, 0.1) is 0 Å². The van der Waals surface area contributed by atoms with Gasteiger partial charge in [0.15, 0.2) is 5.96 Å². The number of aromatic nitrogens is 1. The Bertz CT molecular complexity index is 680. The van der Waals surface area contributed by atoms with E-state index >= 15 is 0 Å². The summed E-state index contributed by atoms with van der Waals surface area (Å²) in [6, 6.07) is 12.7. The van der Waals surface area contributed by atoms with Gasteiger partial charge in [0.05, 0.1) is 0 Å². The van der Waals surface area contributed by atoms with Crippen LogP contribution < -0.4 is 15.5 Å². The van der Waals surface area contributed by atoms with E-state index in [1.807, 2.05) is 12.1 Å². The SMILES string of the molecule is CN=C(NCCn1cccc1)NCc1cccc(N2CC=CC2)c1. The minimum absolute atomic E-state index is 0.762. The Labute approximate surface area is 143 Å². The molecule has 0 fully saturated rings. The molecule has 0 saturated heterocycles. The molecule has 0 atom stereocenters. The number of nitrogens with zero attached hydrogens (tertiary/aromatic N) is 3. The molecule has 1 aromatic carbocycles. The summed E-state index contributed by atoms with van der Waals surface area (Å²) in [4.78, 5) is 6.64. The lowest BCUT2D eigenvalue weighted by molar-refractivity contribution is 0.665. The lowest BCUT2D eigenvalue weighted by Crippen LogP contribution is -2.38. The van der Waals surface area contributed by atoms with Crippen molar-refractivity contribution in [3.63, 3.8) is 0 Å². The van der Waals surface area contributed by atoms with E-state index in [9.17, 15) is 0 Å². The maximum atomic E-state index is 4.29. The van der Waals surface area contributed by atoms with E-state index in [-0.39, 0.29) is 0 Å². The zero-order valence-corrected chi connectivity index (χ0v) is 14.2. The Hall–Kier alpha value is -2.69. The Morgan fingerprint density at radius 3 is 2.62 bits per heavy atom. The highest BCUT2D eigenvalue weighted by molar-refractivity contribution is 5.79. The van der Waals surface area contributed by atoms with E-state index in [4.69, 9.17) is 0 Å². The number of hydrogen-bond acceptors (Lipinski definition) is 2. The van der Waals surface area contributed by atoms with Gasteiger partial charge in [-0.1, -0.05) is 24.3 Å². The van der Waals surface area contributed by atoms with E-state index in [2.05, 4.69) is 73.9 Å². The molecule has 0 spiro atoms. The van der Waals surface area contributed by atoms with Crippen LogP contribution in [0.25, 0.3) is 0 Å². The van der Waals surface area contributed by atoms with Gasteiger partial charge in [0, 0.05) is 57.9 Å². The van der Waals surface area contributed by atoms with Crippen LogP contribution in [0.15, 0.2) is 65.9 Å². The van der Waals surface area contributed by atoms with Crippen LogP contribution in [-0.2, 0) is 13.1 Å². The van der Waals surface area contributed by atoms with Crippen molar-refractivity contribution in [3.8, 4) is 0 Å². The van der Waals surface area contributed by atoms with Crippen LogP contribution in [-0.4, -0.2) is 37.2 Å². The van der Waals surface area contributed by atoms with Gasteiger partial charge in [0.1, 0.15) is 0 Å². The van der Waals surface area contributed by atoms with E-state index in [0.717, 1.165) is 38.7 Å². The highest BCUT2D eigenvalue weighted by atomic mass is 15.2. The maximum Gasteiger partial charge on any atom is 0.191 e. The quantitative estimate of drug-likeness (QED) is 0.487.